The summed E-state index contributed by atoms with van der Waals surface area (Å²) in [7, 11) is 0. The maximum atomic E-state index is 6.56. The van der Waals surface area contributed by atoms with Crippen LogP contribution in [0.15, 0.2) is 217 Å². The quantitative estimate of drug-likeness (QED) is 0.161. The van der Waals surface area contributed by atoms with Crippen LogP contribution < -0.4 is 26.2 Å². The van der Waals surface area contributed by atoms with Crippen molar-refractivity contribution < 1.29 is 4.42 Å². The molecular formula is C66H53BN2O. The highest BCUT2D eigenvalue weighted by Crippen LogP contribution is 2.48. The molecule has 3 heterocycles. The molecule has 3 nitrogen and oxygen atoms in total. The molecule has 2 aliphatic heterocycles. The Morgan fingerprint density at radius 1 is 0.371 bits per heavy atom. The van der Waals surface area contributed by atoms with Gasteiger partial charge in [-0.05, 0) is 132 Å². The van der Waals surface area contributed by atoms with E-state index >= 15 is 0 Å². The van der Waals surface area contributed by atoms with E-state index in [1.807, 2.05) is 6.07 Å². The number of furan rings is 1. The average Bonchev–Trinajstić information content (AvgIpc) is 3.77. The third kappa shape index (κ3) is 6.72. The summed E-state index contributed by atoms with van der Waals surface area (Å²) in [6.07, 6.45) is 0. The van der Waals surface area contributed by atoms with Crippen molar-refractivity contribution in [3.8, 4) is 33.4 Å². The summed E-state index contributed by atoms with van der Waals surface area (Å²) in [5.74, 6) is 0. The van der Waals surface area contributed by atoms with E-state index in [9.17, 15) is 0 Å². The lowest BCUT2D eigenvalue weighted by atomic mass is 9.33. The third-order valence-electron chi connectivity index (χ3n) is 15.0. The molecule has 0 aliphatic carbocycles. The first kappa shape index (κ1) is 42.1. The van der Waals surface area contributed by atoms with Gasteiger partial charge in [-0.2, -0.15) is 0 Å². The Balaban J connectivity index is 1.07. The van der Waals surface area contributed by atoms with Crippen LogP contribution in [-0.4, -0.2) is 6.71 Å². The van der Waals surface area contributed by atoms with E-state index in [-0.39, 0.29) is 17.5 Å². The first-order valence-corrected chi connectivity index (χ1v) is 24.7. The van der Waals surface area contributed by atoms with Crippen LogP contribution in [0, 0.1) is 0 Å². The zero-order valence-electron chi connectivity index (χ0n) is 40.6. The molecule has 0 unspecified atom stereocenters. The van der Waals surface area contributed by atoms with Gasteiger partial charge in [0.15, 0.2) is 0 Å². The molecule has 10 aromatic carbocycles. The number of para-hydroxylation sites is 2. The second kappa shape index (κ2) is 15.7. The Labute approximate surface area is 411 Å². The molecule has 0 bridgehead atoms. The van der Waals surface area contributed by atoms with E-state index in [1.165, 1.54) is 83.3 Å². The van der Waals surface area contributed by atoms with E-state index in [0.29, 0.717) is 0 Å². The lowest BCUT2D eigenvalue weighted by Crippen LogP contribution is -2.61. The van der Waals surface area contributed by atoms with Gasteiger partial charge in [-0.15, -0.1) is 0 Å². The van der Waals surface area contributed by atoms with E-state index in [2.05, 4.69) is 258 Å². The minimum atomic E-state index is -0.142. The maximum Gasteiger partial charge on any atom is 0.252 e. The summed E-state index contributed by atoms with van der Waals surface area (Å²) in [6.45, 7) is 14.0. The van der Waals surface area contributed by atoms with Crippen molar-refractivity contribution in [1.29, 1.82) is 0 Å². The van der Waals surface area contributed by atoms with Crippen LogP contribution in [0.3, 0.4) is 0 Å². The molecule has 1 aromatic heterocycles. The number of benzene rings is 10. The molecule has 0 saturated heterocycles. The molecule has 0 saturated carbocycles. The van der Waals surface area contributed by atoms with E-state index in [0.717, 1.165) is 44.4 Å². The van der Waals surface area contributed by atoms with Crippen LogP contribution in [0.25, 0.3) is 66.1 Å². The van der Waals surface area contributed by atoms with Gasteiger partial charge in [0.25, 0.3) is 6.71 Å². The predicted octanol–water partition coefficient (Wildman–Crippen LogP) is 16.4. The highest BCUT2D eigenvalue weighted by atomic mass is 16.3. The minimum Gasteiger partial charge on any atom is -0.455 e. The topological polar surface area (TPSA) is 19.6 Å². The van der Waals surface area contributed by atoms with Gasteiger partial charge in [-0.3, -0.25) is 0 Å². The van der Waals surface area contributed by atoms with E-state index in [1.54, 1.807) is 0 Å². The molecule has 4 heteroatoms. The number of hydrogen-bond donors (Lipinski definition) is 0. The number of hydrogen-bond acceptors (Lipinski definition) is 3. The zero-order chi connectivity index (χ0) is 47.5. The summed E-state index contributed by atoms with van der Waals surface area (Å²) in [6, 6.07) is 78.9. The fraction of sp³-hybridized carbons (Fsp3) is 0.121. The van der Waals surface area contributed by atoms with Crippen LogP contribution >= 0.6 is 0 Å². The summed E-state index contributed by atoms with van der Waals surface area (Å²) in [4.78, 5) is 5.11. The van der Waals surface area contributed by atoms with Crippen LogP contribution in [-0.2, 0) is 10.8 Å². The van der Waals surface area contributed by atoms with Gasteiger partial charge in [-0.25, -0.2) is 0 Å². The molecule has 0 radical (unpaired) electrons. The van der Waals surface area contributed by atoms with Gasteiger partial charge in [0.1, 0.15) is 11.2 Å². The Morgan fingerprint density at radius 2 is 0.929 bits per heavy atom. The maximum absolute atomic E-state index is 6.56. The molecule has 0 amide bonds. The molecule has 0 N–H and O–H groups in total. The standard InChI is InChI=1S/C66H53BN2O/c1-65(2,3)47-31-36-56-59(39-47)69(50-32-26-43(27-33-50)42-16-8-7-9-17-42)61-41-48(66(4,5)6)40-60-63(61)67(56)57-38-46(52-22-14-19-44-18-10-11-20-51(44)52)30-37-58(57)68(60)49-34-28-45(29-35-49)53-23-15-24-55-54-21-12-13-25-62(54)70-64(53)55/h7-41H,1-6H3. The van der Waals surface area contributed by atoms with Crippen LogP contribution in [0.4, 0.5) is 34.1 Å². The summed E-state index contributed by atoms with van der Waals surface area (Å²) in [5, 5.41) is 4.77. The number of anilines is 6. The number of nitrogens with zero attached hydrogens (tertiary/aromatic N) is 2. The molecule has 336 valence electrons. The van der Waals surface area contributed by atoms with Gasteiger partial charge < -0.3 is 14.2 Å². The van der Waals surface area contributed by atoms with Gasteiger partial charge in [0, 0.05) is 50.5 Å². The van der Waals surface area contributed by atoms with E-state index in [4.69, 9.17) is 4.42 Å². The highest BCUT2D eigenvalue weighted by Gasteiger charge is 2.44. The largest absolute Gasteiger partial charge is 0.455 e. The minimum absolute atomic E-state index is 0.0333. The fourth-order valence-corrected chi connectivity index (χ4v) is 11.3. The highest BCUT2D eigenvalue weighted by molar-refractivity contribution is 7.00. The van der Waals surface area contributed by atoms with E-state index < -0.39 is 0 Å². The molecule has 70 heavy (non-hydrogen) atoms. The number of rotatable bonds is 5. The predicted molar refractivity (Wildman–Crippen MR) is 299 cm³/mol. The van der Waals surface area contributed by atoms with Crippen molar-refractivity contribution >= 4 is 89.9 Å². The van der Waals surface area contributed by atoms with Crippen molar-refractivity contribution in [2.45, 2.75) is 52.4 Å². The second-order valence-electron chi connectivity index (χ2n) is 21.3. The molecule has 2 aliphatic rings. The molecule has 0 spiro atoms. The summed E-state index contributed by atoms with van der Waals surface area (Å²) < 4.78 is 6.56. The summed E-state index contributed by atoms with van der Waals surface area (Å²) in [5.41, 5.74) is 22.3. The summed E-state index contributed by atoms with van der Waals surface area (Å²) >= 11 is 0. The third-order valence-corrected chi connectivity index (χ3v) is 15.0. The first-order valence-electron chi connectivity index (χ1n) is 24.7. The Kier molecular flexibility index (Phi) is 9.45. The Morgan fingerprint density at radius 3 is 1.66 bits per heavy atom. The zero-order valence-corrected chi connectivity index (χ0v) is 40.6. The van der Waals surface area contributed by atoms with Gasteiger partial charge in [0.2, 0.25) is 0 Å². The molecule has 11 aromatic rings. The number of fused-ring (bicyclic) bond motifs is 8. The Bertz CT molecular complexity index is 3850. The van der Waals surface area contributed by atoms with Gasteiger partial charge >= 0.3 is 0 Å². The molecule has 0 fully saturated rings. The average molecular weight is 901 g/mol. The van der Waals surface area contributed by atoms with Gasteiger partial charge in [-0.1, -0.05) is 199 Å². The molecule has 13 rings (SSSR count). The first-order chi connectivity index (χ1) is 34.0. The van der Waals surface area contributed by atoms with Crippen molar-refractivity contribution in [2.75, 3.05) is 9.80 Å². The van der Waals surface area contributed by atoms with Crippen molar-refractivity contribution in [3.63, 3.8) is 0 Å². The molecule has 0 atom stereocenters. The second-order valence-corrected chi connectivity index (χ2v) is 21.3. The fourth-order valence-electron chi connectivity index (χ4n) is 11.3. The van der Waals surface area contributed by atoms with Crippen molar-refractivity contribution in [1.82, 2.24) is 0 Å². The lowest BCUT2D eigenvalue weighted by Gasteiger charge is -2.45. The monoisotopic (exact) mass is 900 g/mol. The van der Waals surface area contributed by atoms with Crippen LogP contribution in [0.1, 0.15) is 52.7 Å². The van der Waals surface area contributed by atoms with Crippen LogP contribution in [0.2, 0.25) is 0 Å². The Hall–Kier alpha value is -8.08. The molecular weight excluding hydrogens is 848 g/mol. The van der Waals surface area contributed by atoms with Crippen molar-refractivity contribution in [3.05, 3.63) is 223 Å². The SMILES string of the molecule is CC(C)(C)c1ccc2c(c1)N(c1ccc(-c3ccccc3)cc1)c1cc(C(C)(C)C)cc3c1B2c1cc(-c2cccc4ccccc24)ccc1N3c1ccc(-c2cccc3c2oc2ccccc23)cc1. The van der Waals surface area contributed by atoms with Crippen LogP contribution in [0.5, 0.6) is 0 Å². The lowest BCUT2D eigenvalue weighted by molar-refractivity contribution is 0.590. The van der Waals surface area contributed by atoms with Gasteiger partial charge in [0.05, 0.1) is 0 Å². The van der Waals surface area contributed by atoms with Crippen molar-refractivity contribution in [2.24, 2.45) is 0 Å². The normalized spacial score (nSPS) is 13.2. The smallest absolute Gasteiger partial charge is 0.252 e.